The molecule has 7 nitrogen and oxygen atoms in total. The normalized spacial score (nSPS) is 13.4. The topological polar surface area (TPSA) is 103 Å². The average molecular weight is 406 g/mol. The van der Waals surface area contributed by atoms with Crippen molar-refractivity contribution in [3.8, 4) is 5.75 Å². The molecule has 28 heavy (non-hydrogen) atoms. The lowest BCUT2D eigenvalue weighted by atomic mass is 10.1. The maximum Gasteiger partial charge on any atom is 0.243 e. The van der Waals surface area contributed by atoms with E-state index in [0.29, 0.717) is 29.9 Å². The monoisotopic (exact) mass is 405 g/mol. The number of aryl methyl sites for hydroxylation is 1. The molecule has 0 aliphatic carbocycles. The third-order valence-electron chi connectivity index (χ3n) is 4.66. The first-order valence-electron chi connectivity index (χ1n) is 9.17. The Labute approximate surface area is 166 Å². The fourth-order valence-corrected chi connectivity index (χ4v) is 4.28. The number of nitrogens with zero attached hydrogens (tertiary/aromatic N) is 3. The van der Waals surface area contributed by atoms with Crippen molar-refractivity contribution in [2.24, 2.45) is 4.99 Å². The van der Waals surface area contributed by atoms with Crippen molar-refractivity contribution in [3.63, 3.8) is 0 Å². The van der Waals surface area contributed by atoms with Gasteiger partial charge in [0.15, 0.2) is 0 Å². The molecule has 0 amide bonds. The molecular weight excluding hydrogens is 378 g/mol. The third-order valence-corrected chi connectivity index (χ3v) is 6.73. The zero-order chi connectivity index (χ0) is 20.9. The van der Waals surface area contributed by atoms with Gasteiger partial charge in [0.25, 0.3) is 0 Å². The van der Waals surface area contributed by atoms with Crippen LogP contribution in [0.3, 0.4) is 0 Å². The van der Waals surface area contributed by atoms with Gasteiger partial charge in [0.05, 0.1) is 23.2 Å². The fourth-order valence-electron chi connectivity index (χ4n) is 2.83. The molecule has 0 spiro atoms. The van der Waals surface area contributed by atoms with Crippen LogP contribution in [0, 0.1) is 6.92 Å². The van der Waals surface area contributed by atoms with E-state index in [9.17, 15) is 18.6 Å². The van der Waals surface area contributed by atoms with E-state index in [1.807, 2.05) is 20.8 Å². The van der Waals surface area contributed by atoms with E-state index in [2.05, 4.69) is 9.98 Å². The van der Waals surface area contributed by atoms with Gasteiger partial charge in [-0.2, -0.15) is 4.31 Å². The van der Waals surface area contributed by atoms with Crippen LogP contribution < -0.4 is 0 Å². The van der Waals surface area contributed by atoms with Crippen molar-refractivity contribution < 1.29 is 18.6 Å². The zero-order valence-corrected chi connectivity index (χ0v) is 17.4. The number of pyridine rings is 1. The molecule has 0 saturated carbocycles. The number of benzene rings is 1. The molecule has 1 atom stereocenters. The molecular formula is C20H27N3O4S. The largest absolute Gasteiger partial charge is 0.505 e. The number of hydrogen-bond acceptors (Lipinski definition) is 6. The predicted octanol–water partition coefficient (Wildman–Crippen LogP) is 2.80. The molecule has 8 heteroatoms. The van der Waals surface area contributed by atoms with Gasteiger partial charge >= 0.3 is 0 Å². The molecule has 1 aromatic carbocycles. The minimum atomic E-state index is -3.49. The summed E-state index contributed by atoms with van der Waals surface area (Å²) in [6, 6.07) is 6.39. The Balaban J connectivity index is 2.26. The number of rotatable bonds is 8. The highest BCUT2D eigenvalue weighted by Crippen LogP contribution is 2.25. The van der Waals surface area contributed by atoms with Crippen LogP contribution in [0.2, 0.25) is 0 Å². The Hall–Kier alpha value is -2.29. The summed E-state index contributed by atoms with van der Waals surface area (Å²) in [5, 5.41) is 19.6. The number of aliphatic hydroxyl groups is 1. The van der Waals surface area contributed by atoms with Gasteiger partial charge in [-0.15, -0.1) is 0 Å². The molecule has 0 aliphatic rings. The molecule has 0 aliphatic heterocycles. The van der Waals surface area contributed by atoms with Crippen molar-refractivity contribution in [1.29, 1.82) is 0 Å². The van der Waals surface area contributed by atoms with Gasteiger partial charge in [0.1, 0.15) is 5.75 Å². The van der Waals surface area contributed by atoms with Gasteiger partial charge in [-0.25, -0.2) is 8.42 Å². The molecule has 0 unspecified atom stereocenters. The van der Waals surface area contributed by atoms with Crippen LogP contribution in [0.25, 0.3) is 0 Å². The van der Waals surface area contributed by atoms with Gasteiger partial charge in [-0.1, -0.05) is 26.0 Å². The minimum Gasteiger partial charge on any atom is -0.505 e. The molecule has 2 aromatic rings. The molecule has 1 heterocycles. The van der Waals surface area contributed by atoms with Crippen LogP contribution in [0.15, 0.2) is 40.4 Å². The van der Waals surface area contributed by atoms with Gasteiger partial charge in [-0.05, 0) is 31.5 Å². The summed E-state index contributed by atoms with van der Waals surface area (Å²) in [5.74, 6) is -0.0110. The van der Waals surface area contributed by atoms with E-state index in [1.165, 1.54) is 16.7 Å². The van der Waals surface area contributed by atoms with Crippen molar-refractivity contribution in [1.82, 2.24) is 9.29 Å². The first-order chi connectivity index (χ1) is 13.3. The Bertz CT molecular complexity index is 937. The van der Waals surface area contributed by atoms with E-state index < -0.39 is 10.0 Å². The first kappa shape index (κ1) is 22.0. The summed E-state index contributed by atoms with van der Waals surface area (Å²) < 4.78 is 26.5. The Morgan fingerprint density at radius 1 is 1.21 bits per heavy atom. The van der Waals surface area contributed by atoms with E-state index in [4.69, 9.17) is 0 Å². The SMILES string of the molecule is CCN(CC)S(=O)(=O)c1ccc([C@@H](C)N=Cc2c(CO)cnc(C)c2O)cc1. The van der Waals surface area contributed by atoms with E-state index in [1.54, 1.807) is 31.2 Å². The molecule has 2 rings (SSSR count). The number of aromatic nitrogens is 1. The second-order valence-corrected chi connectivity index (χ2v) is 8.34. The Morgan fingerprint density at radius 3 is 2.36 bits per heavy atom. The maximum absolute atomic E-state index is 12.6. The van der Waals surface area contributed by atoms with Crippen molar-refractivity contribution in [3.05, 3.63) is 52.8 Å². The predicted molar refractivity (Wildman–Crippen MR) is 109 cm³/mol. The van der Waals surface area contributed by atoms with Crippen LogP contribution in [-0.4, -0.2) is 47.2 Å². The van der Waals surface area contributed by atoms with E-state index >= 15 is 0 Å². The minimum absolute atomic E-state index is 0.0110. The Kier molecular flexibility index (Phi) is 7.29. The Morgan fingerprint density at radius 2 is 1.82 bits per heavy atom. The number of aliphatic hydroxyl groups excluding tert-OH is 1. The third kappa shape index (κ3) is 4.57. The number of aromatic hydroxyl groups is 1. The molecule has 2 N–H and O–H groups in total. The number of hydrogen-bond donors (Lipinski definition) is 2. The highest BCUT2D eigenvalue weighted by molar-refractivity contribution is 7.89. The van der Waals surface area contributed by atoms with Crippen molar-refractivity contribution in [2.45, 2.75) is 45.2 Å². The number of sulfonamides is 1. The van der Waals surface area contributed by atoms with Gasteiger partial charge in [0.2, 0.25) is 10.0 Å². The molecule has 0 bridgehead atoms. The van der Waals surface area contributed by atoms with E-state index in [-0.39, 0.29) is 23.3 Å². The van der Waals surface area contributed by atoms with Crippen LogP contribution in [0.1, 0.15) is 49.2 Å². The van der Waals surface area contributed by atoms with Gasteiger partial charge < -0.3 is 10.2 Å². The second-order valence-electron chi connectivity index (χ2n) is 6.40. The summed E-state index contributed by atoms with van der Waals surface area (Å²) in [6.45, 7) is 7.74. The lowest BCUT2D eigenvalue weighted by Crippen LogP contribution is -2.30. The second kappa shape index (κ2) is 9.27. The molecule has 0 saturated heterocycles. The molecule has 0 fully saturated rings. The zero-order valence-electron chi connectivity index (χ0n) is 16.6. The van der Waals surface area contributed by atoms with Gasteiger partial charge in [0, 0.05) is 36.6 Å². The van der Waals surface area contributed by atoms with Crippen LogP contribution in [-0.2, 0) is 16.6 Å². The van der Waals surface area contributed by atoms with Crippen molar-refractivity contribution >= 4 is 16.2 Å². The lowest BCUT2D eigenvalue weighted by molar-refractivity contribution is 0.280. The molecule has 1 aromatic heterocycles. The van der Waals surface area contributed by atoms with Crippen LogP contribution in [0.4, 0.5) is 0 Å². The lowest BCUT2D eigenvalue weighted by Gasteiger charge is -2.18. The standard InChI is InChI=1S/C20H27N3O4S/c1-5-23(6-2)28(26,27)18-9-7-16(8-10-18)14(3)22-12-19-17(13-24)11-21-15(4)20(19)25/h7-12,14,24-25H,5-6,13H2,1-4H3/t14-/m1/s1. The quantitative estimate of drug-likeness (QED) is 0.658. The molecule has 0 radical (unpaired) electrons. The summed E-state index contributed by atoms with van der Waals surface area (Å²) in [7, 11) is -3.49. The fraction of sp³-hybridized carbons (Fsp3) is 0.400. The van der Waals surface area contributed by atoms with Crippen LogP contribution in [0.5, 0.6) is 5.75 Å². The van der Waals surface area contributed by atoms with Gasteiger partial charge in [-0.3, -0.25) is 9.98 Å². The highest BCUT2D eigenvalue weighted by Gasteiger charge is 2.21. The molecule has 152 valence electrons. The maximum atomic E-state index is 12.6. The first-order valence-corrected chi connectivity index (χ1v) is 10.6. The van der Waals surface area contributed by atoms with Crippen molar-refractivity contribution in [2.75, 3.05) is 13.1 Å². The summed E-state index contributed by atoms with van der Waals surface area (Å²) in [5.41, 5.74) is 2.21. The summed E-state index contributed by atoms with van der Waals surface area (Å²) in [6.07, 6.45) is 3.02. The van der Waals surface area contributed by atoms with E-state index in [0.717, 1.165) is 5.56 Å². The summed E-state index contributed by atoms with van der Waals surface area (Å²) in [4.78, 5) is 8.73. The average Bonchev–Trinajstić information content (AvgIpc) is 2.69. The number of aliphatic imine (C=N–C) groups is 1. The van der Waals surface area contributed by atoms with Crippen LogP contribution >= 0.6 is 0 Å². The smallest absolute Gasteiger partial charge is 0.243 e. The summed E-state index contributed by atoms with van der Waals surface area (Å²) >= 11 is 0. The highest BCUT2D eigenvalue weighted by atomic mass is 32.2.